The maximum absolute atomic E-state index is 14.6. The van der Waals surface area contributed by atoms with Gasteiger partial charge in [0.25, 0.3) is 0 Å². The lowest BCUT2D eigenvalue weighted by Crippen LogP contribution is -2.44. The first kappa shape index (κ1) is 23.7. The second-order valence-electron chi connectivity index (χ2n) is 7.91. The van der Waals surface area contributed by atoms with E-state index in [0.717, 1.165) is 38.3 Å². The molecule has 0 saturated carbocycles. The highest BCUT2D eigenvalue weighted by Crippen LogP contribution is 2.23. The van der Waals surface area contributed by atoms with E-state index in [1.165, 1.54) is 24.5 Å². The molecule has 1 aliphatic rings. The van der Waals surface area contributed by atoms with Gasteiger partial charge in [0.15, 0.2) is 0 Å². The molecule has 1 aliphatic heterocycles. The van der Waals surface area contributed by atoms with Gasteiger partial charge >= 0.3 is 6.01 Å². The average molecular weight is 469 g/mol. The van der Waals surface area contributed by atoms with Gasteiger partial charge in [0.05, 0.1) is 24.2 Å². The molecule has 1 amide bonds. The Morgan fingerprint density at radius 1 is 1.12 bits per heavy atom. The van der Waals surface area contributed by atoms with Crippen LogP contribution in [-0.4, -0.2) is 65.1 Å². The molecule has 0 radical (unpaired) electrons. The molecule has 1 fully saturated rings. The van der Waals surface area contributed by atoms with Crippen molar-refractivity contribution in [2.24, 2.45) is 0 Å². The van der Waals surface area contributed by atoms with Crippen molar-refractivity contribution >= 4 is 5.91 Å². The van der Waals surface area contributed by atoms with Crippen LogP contribution in [0.15, 0.2) is 48.8 Å². The normalized spacial score (nSPS) is 14.1. The van der Waals surface area contributed by atoms with Crippen molar-refractivity contribution in [3.63, 3.8) is 0 Å². The monoisotopic (exact) mass is 468 g/mol. The van der Waals surface area contributed by atoms with Crippen LogP contribution in [0.1, 0.15) is 11.3 Å². The highest BCUT2D eigenvalue weighted by atomic mass is 19.1. The van der Waals surface area contributed by atoms with E-state index in [0.29, 0.717) is 17.9 Å². The summed E-state index contributed by atoms with van der Waals surface area (Å²) >= 11 is 0. The molecule has 8 nitrogen and oxygen atoms in total. The van der Waals surface area contributed by atoms with E-state index in [9.17, 15) is 13.6 Å². The molecule has 3 heterocycles. The summed E-state index contributed by atoms with van der Waals surface area (Å²) in [7, 11) is 0. The summed E-state index contributed by atoms with van der Waals surface area (Å²) in [5.74, 6) is -1.29. The molecule has 0 bridgehead atoms. The van der Waals surface area contributed by atoms with E-state index in [2.05, 4.69) is 30.5 Å². The number of rotatable bonds is 9. The van der Waals surface area contributed by atoms with Gasteiger partial charge in [-0.1, -0.05) is 24.3 Å². The lowest BCUT2D eigenvalue weighted by molar-refractivity contribution is -0.120. The first-order valence-electron chi connectivity index (χ1n) is 11.1. The third-order valence-corrected chi connectivity index (χ3v) is 5.44. The maximum atomic E-state index is 14.6. The molecule has 0 spiro atoms. The number of benzene rings is 1. The van der Waals surface area contributed by atoms with Crippen LogP contribution in [-0.2, 0) is 17.8 Å². The second kappa shape index (κ2) is 11.6. The van der Waals surface area contributed by atoms with E-state index >= 15 is 0 Å². The summed E-state index contributed by atoms with van der Waals surface area (Å²) < 4.78 is 33.3. The van der Waals surface area contributed by atoms with Crippen LogP contribution in [0.4, 0.5) is 8.78 Å². The van der Waals surface area contributed by atoms with Crippen LogP contribution in [0.25, 0.3) is 11.1 Å². The molecule has 2 N–H and O–H groups in total. The summed E-state index contributed by atoms with van der Waals surface area (Å²) in [4.78, 5) is 26.4. The number of halogens is 2. The van der Waals surface area contributed by atoms with Crippen LogP contribution in [0.5, 0.6) is 6.01 Å². The van der Waals surface area contributed by atoms with Gasteiger partial charge in [0.1, 0.15) is 12.4 Å². The van der Waals surface area contributed by atoms with Gasteiger partial charge in [-0.3, -0.25) is 14.7 Å². The van der Waals surface area contributed by atoms with E-state index < -0.39 is 11.8 Å². The minimum Gasteiger partial charge on any atom is -0.462 e. The first-order valence-corrected chi connectivity index (χ1v) is 11.1. The van der Waals surface area contributed by atoms with Crippen molar-refractivity contribution in [3.05, 3.63) is 71.8 Å². The molecular weight excluding hydrogens is 442 g/mol. The van der Waals surface area contributed by atoms with E-state index in [-0.39, 0.29) is 30.4 Å². The Bertz CT molecular complexity index is 1110. The molecule has 0 aliphatic carbocycles. The third kappa shape index (κ3) is 6.75. The number of pyridine rings is 1. The van der Waals surface area contributed by atoms with Crippen LogP contribution in [0.2, 0.25) is 0 Å². The topological polar surface area (TPSA) is 92.3 Å². The SMILES string of the molecule is O=C(Cc1ccc(-c2cnc(OCCN3CCNCC3)nc2F)cc1)NCc1cc(F)ccn1. The van der Waals surface area contributed by atoms with Crippen molar-refractivity contribution in [2.45, 2.75) is 13.0 Å². The summed E-state index contributed by atoms with van der Waals surface area (Å²) in [5, 5.41) is 5.99. The Balaban J connectivity index is 1.28. The van der Waals surface area contributed by atoms with Gasteiger partial charge in [-0.25, -0.2) is 9.37 Å². The zero-order valence-corrected chi connectivity index (χ0v) is 18.6. The van der Waals surface area contributed by atoms with Gasteiger partial charge in [-0.05, 0) is 23.3 Å². The van der Waals surface area contributed by atoms with Crippen LogP contribution >= 0.6 is 0 Å². The Hall–Kier alpha value is -3.50. The zero-order valence-electron chi connectivity index (χ0n) is 18.6. The molecule has 4 rings (SSSR count). The first-order chi connectivity index (χ1) is 16.6. The molecule has 10 heteroatoms. The number of carbonyl (C=O) groups excluding carboxylic acids is 1. The Morgan fingerprint density at radius 3 is 2.65 bits per heavy atom. The quantitative estimate of drug-likeness (QED) is 0.464. The van der Waals surface area contributed by atoms with Gasteiger partial charge in [0.2, 0.25) is 11.9 Å². The maximum Gasteiger partial charge on any atom is 0.319 e. The number of piperazine rings is 1. The van der Waals surface area contributed by atoms with E-state index in [4.69, 9.17) is 4.74 Å². The molecule has 1 aromatic carbocycles. The number of hydrogen-bond donors (Lipinski definition) is 2. The Labute approximate surface area is 196 Å². The minimum atomic E-state index is -0.666. The minimum absolute atomic E-state index is 0.0115. The largest absolute Gasteiger partial charge is 0.462 e. The van der Waals surface area contributed by atoms with Crippen LogP contribution in [0.3, 0.4) is 0 Å². The number of ether oxygens (including phenoxy) is 1. The lowest BCUT2D eigenvalue weighted by atomic mass is 10.0. The van der Waals surface area contributed by atoms with Crippen molar-refractivity contribution in [3.8, 4) is 17.1 Å². The zero-order chi connectivity index (χ0) is 23.8. The van der Waals surface area contributed by atoms with Crippen LogP contribution in [0, 0.1) is 11.8 Å². The number of amides is 1. The van der Waals surface area contributed by atoms with Crippen molar-refractivity contribution in [2.75, 3.05) is 39.3 Å². The molecule has 3 aromatic rings. The third-order valence-electron chi connectivity index (χ3n) is 5.44. The van der Waals surface area contributed by atoms with Gasteiger partial charge in [-0.15, -0.1) is 0 Å². The Morgan fingerprint density at radius 2 is 1.91 bits per heavy atom. The number of nitrogens with zero attached hydrogens (tertiary/aromatic N) is 4. The molecule has 2 aromatic heterocycles. The van der Waals surface area contributed by atoms with Crippen molar-refractivity contribution in [1.82, 2.24) is 30.5 Å². The average Bonchev–Trinajstić information content (AvgIpc) is 2.84. The summed E-state index contributed by atoms with van der Waals surface area (Å²) in [6.07, 6.45) is 2.88. The Kier molecular flexibility index (Phi) is 8.05. The standard InChI is InChI=1S/C24H26F2N6O2/c25-19-5-6-28-20(14-19)15-29-22(33)13-17-1-3-18(4-2-17)21-16-30-24(31-23(21)26)34-12-11-32-9-7-27-8-10-32/h1-6,14,16,27H,7-13,15H2,(H,29,33). The van der Waals surface area contributed by atoms with E-state index in [1.807, 2.05) is 0 Å². The summed E-state index contributed by atoms with van der Waals surface area (Å²) in [5.41, 5.74) is 2.04. The van der Waals surface area contributed by atoms with Crippen LogP contribution < -0.4 is 15.4 Å². The molecular formula is C24H26F2N6O2. The molecule has 0 atom stereocenters. The van der Waals surface area contributed by atoms with Crippen molar-refractivity contribution in [1.29, 1.82) is 0 Å². The fourth-order valence-electron chi connectivity index (χ4n) is 3.59. The number of nitrogens with one attached hydrogen (secondary N) is 2. The number of carbonyl (C=O) groups is 1. The molecule has 1 saturated heterocycles. The second-order valence-corrected chi connectivity index (χ2v) is 7.91. The summed E-state index contributed by atoms with van der Waals surface area (Å²) in [6.45, 7) is 5.10. The van der Waals surface area contributed by atoms with Gasteiger partial charge < -0.3 is 15.4 Å². The fourth-order valence-corrected chi connectivity index (χ4v) is 3.59. The number of aromatic nitrogens is 3. The van der Waals surface area contributed by atoms with Crippen molar-refractivity contribution < 1.29 is 18.3 Å². The predicted molar refractivity (Wildman–Crippen MR) is 122 cm³/mol. The van der Waals surface area contributed by atoms with Gasteiger partial charge in [-0.2, -0.15) is 9.37 Å². The highest BCUT2D eigenvalue weighted by molar-refractivity contribution is 5.78. The highest BCUT2D eigenvalue weighted by Gasteiger charge is 2.13. The number of hydrogen-bond acceptors (Lipinski definition) is 7. The fraction of sp³-hybridized carbons (Fsp3) is 0.333. The molecule has 0 unspecified atom stereocenters. The van der Waals surface area contributed by atoms with Gasteiger partial charge in [0, 0.05) is 45.1 Å². The summed E-state index contributed by atoms with van der Waals surface area (Å²) in [6, 6.07) is 9.44. The predicted octanol–water partition coefficient (Wildman–Crippen LogP) is 1.96. The molecule has 34 heavy (non-hydrogen) atoms. The lowest BCUT2D eigenvalue weighted by Gasteiger charge is -2.26. The van der Waals surface area contributed by atoms with E-state index in [1.54, 1.807) is 24.3 Å². The smallest absolute Gasteiger partial charge is 0.319 e. The molecule has 178 valence electrons.